The van der Waals surface area contributed by atoms with Crippen LogP contribution in [-0.4, -0.2) is 75.5 Å². The van der Waals surface area contributed by atoms with Crippen molar-refractivity contribution in [3.8, 4) is 0 Å². The molecular formula is C22H26N2O6. The number of aliphatic carboxylic acids is 1. The summed E-state index contributed by atoms with van der Waals surface area (Å²) in [5.74, 6) is -1.24. The van der Waals surface area contributed by atoms with Crippen LogP contribution in [0.2, 0.25) is 0 Å². The fourth-order valence-electron chi connectivity index (χ4n) is 4.31. The summed E-state index contributed by atoms with van der Waals surface area (Å²) < 4.78 is 5.39. The number of likely N-dealkylation sites (N-methyl/N-ethyl adjacent to an activating group) is 1. The van der Waals surface area contributed by atoms with Crippen LogP contribution in [-0.2, 0) is 16.1 Å². The largest absolute Gasteiger partial charge is 0.479 e. The molecule has 8 heteroatoms. The Hall–Kier alpha value is -2.49. The first-order chi connectivity index (χ1) is 14.4. The highest BCUT2D eigenvalue weighted by Crippen LogP contribution is 2.37. The summed E-state index contributed by atoms with van der Waals surface area (Å²) in [6.45, 7) is 1.52. The number of ether oxygens (including phenoxy) is 1. The number of rotatable bonds is 4. The van der Waals surface area contributed by atoms with E-state index in [-0.39, 0.29) is 5.92 Å². The van der Waals surface area contributed by atoms with Crippen LogP contribution in [0.3, 0.4) is 0 Å². The molecule has 0 spiro atoms. The minimum atomic E-state index is -1.71. The van der Waals surface area contributed by atoms with Crippen molar-refractivity contribution in [2.45, 2.75) is 43.1 Å². The van der Waals surface area contributed by atoms with Crippen LogP contribution in [0.5, 0.6) is 0 Å². The predicted molar refractivity (Wildman–Crippen MR) is 109 cm³/mol. The van der Waals surface area contributed by atoms with E-state index < -0.39 is 36.6 Å². The van der Waals surface area contributed by atoms with Crippen LogP contribution in [0.4, 0.5) is 5.69 Å². The van der Waals surface area contributed by atoms with E-state index in [0.29, 0.717) is 12.2 Å². The molecule has 2 aromatic carbocycles. The van der Waals surface area contributed by atoms with Crippen molar-refractivity contribution in [1.29, 1.82) is 0 Å². The summed E-state index contributed by atoms with van der Waals surface area (Å²) in [6.07, 6.45) is -7.67. The Labute approximate surface area is 174 Å². The van der Waals surface area contributed by atoms with Gasteiger partial charge in [-0.2, -0.15) is 0 Å². The van der Waals surface area contributed by atoms with Crippen LogP contribution >= 0.6 is 0 Å². The van der Waals surface area contributed by atoms with Gasteiger partial charge in [-0.3, -0.25) is 0 Å². The van der Waals surface area contributed by atoms with Crippen molar-refractivity contribution in [1.82, 2.24) is 4.90 Å². The summed E-state index contributed by atoms with van der Waals surface area (Å²) in [5.41, 5.74) is 4.05. The van der Waals surface area contributed by atoms with Gasteiger partial charge in [0.2, 0.25) is 0 Å². The minimum Gasteiger partial charge on any atom is -0.479 e. The number of aliphatic hydroxyl groups is 3. The van der Waals surface area contributed by atoms with Crippen LogP contribution < -0.4 is 5.32 Å². The van der Waals surface area contributed by atoms with E-state index in [2.05, 4.69) is 28.4 Å². The van der Waals surface area contributed by atoms with Gasteiger partial charge in [-0.1, -0.05) is 42.5 Å². The number of benzene rings is 2. The quantitative estimate of drug-likeness (QED) is 0.492. The average Bonchev–Trinajstić information content (AvgIpc) is 2.74. The maximum atomic E-state index is 11.4. The molecule has 160 valence electrons. The number of anilines is 1. The highest BCUT2D eigenvalue weighted by atomic mass is 16.6. The van der Waals surface area contributed by atoms with Gasteiger partial charge in [0.25, 0.3) is 0 Å². The summed E-state index contributed by atoms with van der Waals surface area (Å²) >= 11 is 0. The highest BCUT2D eigenvalue weighted by Gasteiger charge is 2.47. The first-order valence-corrected chi connectivity index (χ1v) is 9.91. The Morgan fingerprint density at radius 1 is 1.03 bits per heavy atom. The molecule has 0 bridgehead atoms. The standard InChI is InChI=1S/C22H26N2O6/c1-24-10-14(12-6-3-2-4-7-12)13-8-5-9-16(15(13)11-24)23-21-19(27)17(25)18(26)20(30-21)22(28)29/h2-9,14,17-21,23,25-27H,10-11H2,1H3,(H,28,29). The topological polar surface area (TPSA) is 122 Å². The summed E-state index contributed by atoms with van der Waals surface area (Å²) in [7, 11) is 2.03. The smallest absolute Gasteiger partial charge is 0.335 e. The van der Waals surface area contributed by atoms with E-state index in [1.807, 2.05) is 37.4 Å². The average molecular weight is 414 g/mol. The number of carboxylic acid groups (broad SMARTS) is 1. The number of hydrogen-bond donors (Lipinski definition) is 5. The Balaban J connectivity index is 1.66. The monoisotopic (exact) mass is 414 g/mol. The molecule has 2 aromatic rings. The first-order valence-electron chi connectivity index (χ1n) is 9.91. The third-order valence-corrected chi connectivity index (χ3v) is 5.87. The van der Waals surface area contributed by atoms with Crippen molar-refractivity contribution in [3.05, 3.63) is 65.2 Å². The van der Waals surface area contributed by atoms with E-state index in [1.165, 1.54) is 5.56 Å². The van der Waals surface area contributed by atoms with Crippen LogP contribution in [0, 0.1) is 0 Å². The Morgan fingerprint density at radius 2 is 1.77 bits per heavy atom. The molecule has 2 aliphatic rings. The second kappa shape index (κ2) is 8.33. The summed E-state index contributed by atoms with van der Waals surface area (Å²) in [4.78, 5) is 13.6. The molecule has 0 amide bonds. The third-order valence-electron chi connectivity index (χ3n) is 5.87. The molecule has 30 heavy (non-hydrogen) atoms. The molecule has 0 aromatic heterocycles. The Morgan fingerprint density at radius 3 is 2.47 bits per heavy atom. The lowest BCUT2D eigenvalue weighted by molar-refractivity contribution is -0.221. The zero-order valence-corrected chi connectivity index (χ0v) is 16.5. The lowest BCUT2D eigenvalue weighted by Gasteiger charge is -2.40. The molecule has 0 aliphatic carbocycles. The Kier molecular flexibility index (Phi) is 5.77. The number of nitrogens with one attached hydrogen (secondary N) is 1. The first kappa shape index (κ1) is 20.8. The molecule has 2 heterocycles. The number of carbonyl (C=O) groups is 1. The van der Waals surface area contributed by atoms with Gasteiger partial charge in [0.15, 0.2) is 12.3 Å². The zero-order chi connectivity index (χ0) is 21.4. The SMILES string of the molecule is CN1Cc2c(NC3OC(C(=O)O)C(O)C(O)C3O)cccc2C(c2ccccc2)C1. The maximum absolute atomic E-state index is 11.4. The molecule has 6 atom stereocenters. The third kappa shape index (κ3) is 3.80. The van der Waals surface area contributed by atoms with E-state index in [0.717, 1.165) is 17.7 Å². The van der Waals surface area contributed by atoms with Crippen LogP contribution in [0.15, 0.2) is 48.5 Å². The second-order valence-electron chi connectivity index (χ2n) is 7.97. The molecule has 1 saturated heterocycles. The highest BCUT2D eigenvalue weighted by molar-refractivity contribution is 5.73. The van der Waals surface area contributed by atoms with E-state index in [4.69, 9.17) is 4.74 Å². The lowest BCUT2D eigenvalue weighted by Crippen LogP contribution is -2.61. The number of hydrogen-bond acceptors (Lipinski definition) is 7. The van der Waals surface area contributed by atoms with E-state index in [1.54, 1.807) is 0 Å². The molecule has 5 N–H and O–H groups in total. The number of fused-ring (bicyclic) bond motifs is 1. The van der Waals surface area contributed by atoms with E-state index in [9.17, 15) is 25.2 Å². The van der Waals surface area contributed by atoms with Gasteiger partial charge in [-0.05, 0) is 29.8 Å². The molecule has 4 rings (SSSR count). The van der Waals surface area contributed by atoms with Gasteiger partial charge in [0.05, 0.1) is 0 Å². The molecule has 6 unspecified atom stereocenters. The fourth-order valence-corrected chi connectivity index (χ4v) is 4.31. The van der Waals surface area contributed by atoms with Gasteiger partial charge < -0.3 is 35.4 Å². The fraction of sp³-hybridized carbons (Fsp3) is 0.409. The Bertz CT molecular complexity index is 908. The molecule has 0 saturated carbocycles. The zero-order valence-electron chi connectivity index (χ0n) is 16.5. The summed E-state index contributed by atoms with van der Waals surface area (Å²) in [5, 5.41) is 42.7. The molecule has 8 nitrogen and oxygen atoms in total. The van der Waals surface area contributed by atoms with Crippen molar-refractivity contribution >= 4 is 11.7 Å². The lowest BCUT2D eigenvalue weighted by atomic mass is 9.84. The number of carboxylic acids is 1. The predicted octanol–water partition coefficient (Wildman–Crippen LogP) is 0.568. The minimum absolute atomic E-state index is 0.165. The number of nitrogens with zero attached hydrogens (tertiary/aromatic N) is 1. The van der Waals surface area contributed by atoms with E-state index >= 15 is 0 Å². The van der Waals surface area contributed by atoms with Crippen LogP contribution in [0.25, 0.3) is 0 Å². The second-order valence-corrected chi connectivity index (χ2v) is 7.97. The van der Waals surface area contributed by atoms with Crippen LogP contribution in [0.1, 0.15) is 22.6 Å². The van der Waals surface area contributed by atoms with Gasteiger partial charge >= 0.3 is 5.97 Å². The molecule has 2 aliphatic heterocycles. The van der Waals surface area contributed by atoms with Crippen molar-refractivity contribution < 1.29 is 30.0 Å². The number of aliphatic hydroxyl groups excluding tert-OH is 3. The van der Waals surface area contributed by atoms with Gasteiger partial charge in [0, 0.05) is 24.7 Å². The molecule has 0 radical (unpaired) electrons. The van der Waals surface area contributed by atoms with Gasteiger partial charge in [-0.15, -0.1) is 0 Å². The van der Waals surface area contributed by atoms with Crippen molar-refractivity contribution in [3.63, 3.8) is 0 Å². The van der Waals surface area contributed by atoms with Gasteiger partial charge in [-0.25, -0.2) is 4.79 Å². The van der Waals surface area contributed by atoms with Crippen molar-refractivity contribution in [2.24, 2.45) is 0 Å². The summed E-state index contributed by atoms with van der Waals surface area (Å²) in [6, 6.07) is 16.0. The van der Waals surface area contributed by atoms with Crippen molar-refractivity contribution in [2.75, 3.05) is 18.9 Å². The van der Waals surface area contributed by atoms with Gasteiger partial charge in [0.1, 0.15) is 18.3 Å². The molecular weight excluding hydrogens is 388 g/mol. The normalized spacial score (nSPS) is 31.7. The molecule has 1 fully saturated rings. The maximum Gasteiger partial charge on any atom is 0.335 e.